The molecule has 3 saturated heterocycles. The lowest BCUT2D eigenvalue weighted by molar-refractivity contribution is -0.296. The Hall–Kier alpha value is -3.90. The van der Waals surface area contributed by atoms with E-state index in [-0.39, 0.29) is 50.3 Å². The van der Waals surface area contributed by atoms with Gasteiger partial charge in [0.2, 0.25) is 12.0 Å². The average Bonchev–Trinajstić information content (AvgIpc) is 3.22. The summed E-state index contributed by atoms with van der Waals surface area (Å²) in [6, 6.07) is 6.40. The molecule has 1 aromatic carbocycles. The summed E-state index contributed by atoms with van der Waals surface area (Å²) in [5.74, 6) is -6.19. The molecule has 16 heteroatoms. The van der Waals surface area contributed by atoms with Gasteiger partial charge in [0.1, 0.15) is 29.4 Å². The Morgan fingerprint density at radius 3 is 2.47 bits per heavy atom. The maximum atomic E-state index is 14.4. The van der Waals surface area contributed by atoms with Gasteiger partial charge in [-0.1, -0.05) is 57.1 Å². The summed E-state index contributed by atoms with van der Waals surface area (Å²) in [5, 5.41) is 28.4. The van der Waals surface area contributed by atoms with Gasteiger partial charge in [-0.2, -0.15) is 0 Å². The fourth-order valence-electron chi connectivity index (χ4n) is 9.07. The van der Waals surface area contributed by atoms with E-state index in [0.717, 1.165) is 0 Å². The van der Waals surface area contributed by atoms with Crippen LogP contribution in [0.1, 0.15) is 97.0 Å². The molecule has 4 aliphatic heterocycles. The number of amides is 2. The Labute approximate surface area is 352 Å². The molecule has 0 aliphatic carbocycles. The lowest BCUT2D eigenvalue weighted by Crippen LogP contribution is -2.60. The van der Waals surface area contributed by atoms with E-state index in [0.29, 0.717) is 23.3 Å². The van der Waals surface area contributed by atoms with Crippen molar-refractivity contribution in [1.29, 1.82) is 0 Å². The minimum absolute atomic E-state index is 0.0498. The number of likely N-dealkylation sites (N-methyl/N-ethyl adjacent to an activating group) is 1. The van der Waals surface area contributed by atoms with Crippen molar-refractivity contribution in [3.8, 4) is 0 Å². The summed E-state index contributed by atoms with van der Waals surface area (Å²) in [4.78, 5) is 67.0. The molecule has 332 valence electrons. The number of ether oxygens (including phenoxy) is 5. The van der Waals surface area contributed by atoms with Gasteiger partial charge in [-0.25, -0.2) is 4.99 Å². The van der Waals surface area contributed by atoms with Crippen LogP contribution in [0.2, 0.25) is 0 Å². The standard InChI is InChI=1S/C44H64N4O12/c1-11-33-44(8,54)38-25(4)34-23(2)20-43(7,37(26(5)35(49)27(6)41(53)58-33)59-42-36(50)31(48(9)10)18-24(3)57-42)56-22-30(21-55-38)47-60-32(40(52)46-34)17-13-15-28-14-12-16-29(19-28)39(45)51/h12-16,19,23-27,31-33,36-38,42,50,54H,11,17-18,20-22H2,1-10H3,(H2,45,51)/b15-13+,46-34?,47-30+/t23-,24-,25-,26+,27-,31+,32?,33-,36-,37-,38+,42+,43-,44-/m1/s1. The van der Waals surface area contributed by atoms with E-state index >= 15 is 0 Å². The summed E-state index contributed by atoms with van der Waals surface area (Å²) in [7, 11) is 3.72. The van der Waals surface area contributed by atoms with Gasteiger partial charge in [-0.3, -0.25) is 19.2 Å². The fraction of sp³-hybridized carbons (Fsp3) is 0.682. The van der Waals surface area contributed by atoms with Crippen molar-refractivity contribution in [2.75, 3.05) is 27.3 Å². The molecule has 2 amide bonds. The molecule has 0 saturated carbocycles. The number of aliphatic hydroxyl groups excluding tert-OH is 1. The highest BCUT2D eigenvalue weighted by atomic mass is 16.7. The zero-order valence-electron chi connectivity index (χ0n) is 36.5. The summed E-state index contributed by atoms with van der Waals surface area (Å²) < 4.78 is 32.3. The van der Waals surface area contributed by atoms with Crippen LogP contribution in [-0.2, 0) is 42.9 Å². The van der Waals surface area contributed by atoms with E-state index in [1.807, 2.05) is 32.8 Å². The third kappa shape index (κ3) is 10.4. The van der Waals surface area contributed by atoms with Gasteiger partial charge in [0, 0.05) is 35.6 Å². The third-order valence-electron chi connectivity index (χ3n) is 12.5. The van der Waals surface area contributed by atoms with Crippen molar-refractivity contribution in [3.05, 3.63) is 41.5 Å². The molecule has 3 fully saturated rings. The number of aliphatic imine (C=N–C) groups is 1. The molecular weight excluding hydrogens is 776 g/mol. The Kier molecular flexibility index (Phi) is 15.3. The van der Waals surface area contributed by atoms with Gasteiger partial charge in [0.25, 0.3) is 5.91 Å². The van der Waals surface area contributed by atoms with Gasteiger partial charge >= 0.3 is 5.97 Å². The average molecular weight is 841 g/mol. The number of carbonyl (C=O) groups excluding carboxylic acids is 4. The molecule has 1 aromatic rings. The molecule has 4 N–H and O–H groups in total. The highest BCUT2D eigenvalue weighted by Crippen LogP contribution is 2.40. The van der Waals surface area contributed by atoms with Gasteiger partial charge < -0.3 is 49.4 Å². The first kappa shape index (κ1) is 47.2. The molecule has 16 nitrogen and oxygen atoms in total. The smallest absolute Gasteiger partial charge is 0.316 e. The molecule has 4 bridgehead atoms. The molecule has 0 aromatic heterocycles. The van der Waals surface area contributed by atoms with E-state index in [9.17, 15) is 29.4 Å². The zero-order chi connectivity index (χ0) is 44.3. The number of oxime groups is 1. The molecular formula is C44H64N4O12. The number of cyclic esters (lactones) is 1. The third-order valence-corrected chi connectivity index (χ3v) is 12.5. The second-order valence-corrected chi connectivity index (χ2v) is 17.6. The molecule has 0 spiro atoms. The fourth-order valence-corrected chi connectivity index (χ4v) is 9.07. The molecule has 4 heterocycles. The van der Waals surface area contributed by atoms with Crippen LogP contribution in [0.25, 0.3) is 6.08 Å². The minimum Gasteiger partial charge on any atom is -0.459 e. The number of rotatable bonds is 8. The number of hydrogen-bond donors (Lipinski definition) is 3. The van der Waals surface area contributed by atoms with E-state index < -0.39 is 95.3 Å². The molecule has 1 unspecified atom stereocenters. The minimum atomic E-state index is -1.86. The van der Waals surface area contributed by atoms with Crippen LogP contribution < -0.4 is 5.73 Å². The second kappa shape index (κ2) is 19.4. The summed E-state index contributed by atoms with van der Waals surface area (Å²) in [5.41, 5.74) is 3.79. The number of benzene rings is 1. The van der Waals surface area contributed by atoms with E-state index in [4.69, 9.17) is 39.2 Å². The lowest BCUT2D eigenvalue weighted by atomic mass is 9.73. The van der Waals surface area contributed by atoms with Crippen molar-refractivity contribution in [2.24, 2.45) is 39.6 Å². The van der Waals surface area contributed by atoms with E-state index in [1.165, 1.54) is 13.8 Å². The largest absolute Gasteiger partial charge is 0.459 e. The van der Waals surface area contributed by atoms with Crippen LogP contribution in [0.3, 0.4) is 0 Å². The van der Waals surface area contributed by atoms with Crippen LogP contribution in [-0.4, -0.2) is 138 Å². The molecule has 60 heavy (non-hydrogen) atoms. The highest BCUT2D eigenvalue weighted by Gasteiger charge is 2.53. The number of carbonyl (C=O) groups is 4. The number of primary amides is 1. The van der Waals surface area contributed by atoms with Crippen LogP contribution in [0.5, 0.6) is 0 Å². The summed E-state index contributed by atoms with van der Waals surface area (Å²) in [6.07, 6.45) is -2.84. The SMILES string of the molecule is CC[C@H]1OC(=O)[C@H](C)C(=O)[C@H](C)[C@@H](O[C@@H]2O[C@H](C)C[C@H](N(C)C)[C@H]2O)[C@@]2(C)C[C@@H](C)C3=NC(=O)C(C/C=C/c4cccc(C(N)=O)c4)O/N=C(\CO[C@@H]([C@@H]3C)[C@]1(C)O)CO2. The molecule has 4 aliphatic rings. The van der Waals surface area contributed by atoms with Gasteiger partial charge in [-0.15, -0.1) is 0 Å². The number of aliphatic hydroxyl groups is 2. The van der Waals surface area contributed by atoms with Crippen LogP contribution in [0, 0.1) is 23.7 Å². The van der Waals surface area contributed by atoms with E-state index in [2.05, 4.69) is 5.16 Å². The number of nitrogens with zero attached hydrogens (tertiary/aromatic N) is 3. The van der Waals surface area contributed by atoms with Crippen molar-refractivity contribution in [3.63, 3.8) is 0 Å². The molecule has 0 radical (unpaired) electrons. The number of nitrogens with two attached hydrogens (primary N) is 1. The monoisotopic (exact) mass is 840 g/mol. The normalized spacial score (nSPS) is 39.5. The quantitative estimate of drug-likeness (QED) is 0.253. The van der Waals surface area contributed by atoms with Crippen LogP contribution >= 0.6 is 0 Å². The van der Waals surface area contributed by atoms with Gasteiger partial charge in [0.15, 0.2) is 12.1 Å². The van der Waals surface area contributed by atoms with E-state index in [1.54, 1.807) is 64.1 Å². The Morgan fingerprint density at radius 1 is 1.08 bits per heavy atom. The van der Waals surface area contributed by atoms with Crippen molar-refractivity contribution in [2.45, 2.75) is 141 Å². The number of esters is 1. The van der Waals surface area contributed by atoms with Crippen molar-refractivity contribution in [1.82, 2.24) is 4.90 Å². The Balaban J connectivity index is 1.66. The first-order valence-corrected chi connectivity index (χ1v) is 21.0. The van der Waals surface area contributed by atoms with Gasteiger partial charge in [0.05, 0.1) is 37.1 Å². The highest BCUT2D eigenvalue weighted by molar-refractivity contribution is 6.01. The number of hydrogen-bond acceptors (Lipinski definition) is 14. The maximum Gasteiger partial charge on any atom is 0.316 e. The van der Waals surface area contributed by atoms with Crippen molar-refractivity contribution >= 4 is 41.1 Å². The summed E-state index contributed by atoms with van der Waals surface area (Å²) >= 11 is 0. The second-order valence-electron chi connectivity index (χ2n) is 17.6. The maximum absolute atomic E-state index is 14.4. The zero-order valence-corrected chi connectivity index (χ0v) is 36.5. The Bertz CT molecular complexity index is 1830. The van der Waals surface area contributed by atoms with Gasteiger partial charge in [-0.05, 0) is 84.7 Å². The molecule has 5 rings (SSSR count). The first-order valence-electron chi connectivity index (χ1n) is 21.0. The predicted molar refractivity (Wildman–Crippen MR) is 222 cm³/mol. The first-order chi connectivity index (χ1) is 28.2. The summed E-state index contributed by atoms with van der Waals surface area (Å²) in [6.45, 7) is 13.3. The van der Waals surface area contributed by atoms with Crippen LogP contribution in [0.4, 0.5) is 0 Å². The predicted octanol–water partition coefficient (Wildman–Crippen LogP) is 3.49. The van der Waals surface area contributed by atoms with Crippen LogP contribution in [0.15, 0.2) is 40.5 Å². The number of Topliss-reactive ketones (excluding diaryl/α,β-unsaturated/α-hetero) is 1. The number of fused-ring (bicyclic) bond motifs is 4. The topological polar surface area (TPSA) is 218 Å². The Morgan fingerprint density at radius 2 is 1.80 bits per heavy atom. The number of ketones is 1. The van der Waals surface area contributed by atoms with Crippen molar-refractivity contribution < 1.29 is 57.9 Å². The lowest BCUT2D eigenvalue weighted by Gasteiger charge is -2.47. The molecule has 14 atom stereocenters.